The smallest absolute Gasteiger partial charge is 0.220 e. The predicted octanol–water partition coefficient (Wildman–Crippen LogP) is 1.99. The molecular formula is C18H32N4O. The highest BCUT2D eigenvalue weighted by Gasteiger charge is 2.65. The second-order valence-electron chi connectivity index (χ2n) is 8.80. The molecule has 130 valence electrons. The van der Waals surface area contributed by atoms with Crippen molar-refractivity contribution in [3.63, 3.8) is 0 Å². The minimum Gasteiger partial charge on any atom is -0.355 e. The maximum absolute atomic E-state index is 11.7. The summed E-state index contributed by atoms with van der Waals surface area (Å²) in [6.07, 6.45) is 2.95. The molecule has 1 unspecified atom stereocenters. The van der Waals surface area contributed by atoms with E-state index in [1.165, 1.54) is 0 Å². The van der Waals surface area contributed by atoms with Gasteiger partial charge in [-0.1, -0.05) is 27.7 Å². The van der Waals surface area contributed by atoms with E-state index in [1.54, 1.807) is 0 Å². The molecule has 2 heterocycles. The van der Waals surface area contributed by atoms with Crippen LogP contribution in [-0.4, -0.2) is 49.0 Å². The molecule has 0 bridgehead atoms. The number of guanidine groups is 1. The monoisotopic (exact) mass is 320 g/mol. The molecule has 1 atom stereocenters. The van der Waals surface area contributed by atoms with Crippen molar-refractivity contribution in [1.29, 1.82) is 0 Å². The van der Waals surface area contributed by atoms with Crippen molar-refractivity contribution in [2.24, 2.45) is 21.2 Å². The minimum atomic E-state index is 0.111. The Morgan fingerprint density at radius 3 is 2.57 bits per heavy atom. The first-order valence-corrected chi connectivity index (χ1v) is 9.04. The average Bonchev–Trinajstić information content (AvgIpc) is 2.73. The largest absolute Gasteiger partial charge is 0.355 e. The second kappa shape index (κ2) is 5.38. The van der Waals surface area contributed by atoms with E-state index >= 15 is 0 Å². The van der Waals surface area contributed by atoms with Crippen LogP contribution in [0.1, 0.15) is 53.9 Å². The Balaban J connectivity index is 1.72. The third-order valence-electron chi connectivity index (χ3n) is 6.76. The predicted molar refractivity (Wildman–Crippen MR) is 93.3 cm³/mol. The highest BCUT2D eigenvalue weighted by molar-refractivity contribution is 5.82. The lowest BCUT2D eigenvalue weighted by Crippen LogP contribution is -2.52. The number of aliphatic imine (C=N–C) groups is 1. The van der Waals surface area contributed by atoms with Gasteiger partial charge in [-0.15, -0.1) is 0 Å². The number of nitrogens with zero attached hydrogens (tertiary/aromatic N) is 2. The van der Waals surface area contributed by atoms with E-state index in [0.29, 0.717) is 23.3 Å². The van der Waals surface area contributed by atoms with Crippen molar-refractivity contribution in [1.82, 2.24) is 15.5 Å². The Morgan fingerprint density at radius 1 is 1.35 bits per heavy atom. The Morgan fingerprint density at radius 2 is 2.04 bits per heavy atom. The van der Waals surface area contributed by atoms with Crippen molar-refractivity contribution < 1.29 is 4.79 Å². The molecule has 1 spiro atoms. The van der Waals surface area contributed by atoms with E-state index in [-0.39, 0.29) is 11.3 Å². The number of hydrogen-bond acceptors (Lipinski definition) is 2. The maximum Gasteiger partial charge on any atom is 0.220 e. The van der Waals surface area contributed by atoms with Crippen LogP contribution < -0.4 is 10.6 Å². The fourth-order valence-corrected chi connectivity index (χ4v) is 4.50. The van der Waals surface area contributed by atoms with Gasteiger partial charge in [0.2, 0.25) is 5.91 Å². The summed E-state index contributed by atoms with van der Waals surface area (Å²) in [6, 6.07) is 0.460. The summed E-state index contributed by atoms with van der Waals surface area (Å²) in [4.78, 5) is 18.8. The highest BCUT2D eigenvalue weighted by atomic mass is 16.1. The van der Waals surface area contributed by atoms with Gasteiger partial charge in [0.15, 0.2) is 5.96 Å². The molecule has 2 saturated heterocycles. The number of carbonyl (C=O) groups is 1. The Labute approximate surface area is 140 Å². The lowest BCUT2D eigenvalue weighted by molar-refractivity contribution is -0.119. The highest BCUT2D eigenvalue weighted by Crippen LogP contribution is 2.62. The summed E-state index contributed by atoms with van der Waals surface area (Å²) in [6.45, 7) is 15.0. The lowest BCUT2D eigenvalue weighted by Gasteiger charge is -2.41. The van der Waals surface area contributed by atoms with Crippen LogP contribution in [0.3, 0.4) is 0 Å². The molecule has 1 amide bonds. The molecule has 5 nitrogen and oxygen atoms in total. The molecule has 1 aliphatic carbocycles. The van der Waals surface area contributed by atoms with Gasteiger partial charge in [-0.3, -0.25) is 9.79 Å². The SMILES string of the molecule is CCN=C(NC1C(C)(C)C1(C)C)N1CCCC2(CNC(=O)C2)C1. The summed E-state index contributed by atoms with van der Waals surface area (Å²) in [7, 11) is 0. The fourth-order valence-electron chi connectivity index (χ4n) is 4.50. The number of carbonyl (C=O) groups excluding carboxylic acids is 1. The number of amides is 1. The zero-order chi connectivity index (χ0) is 16.9. The third kappa shape index (κ3) is 2.72. The summed E-state index contributed by atoms with van der Waals surface area (Å²) in [5.74, 6) is 1.24. The first-order chi connectivity index (χ1) is 10.7. The molecule has 23 heavy (non-hydrogen) atoms. The van der Waals surface area contributed by atoms with Crippen molar-refractivity contribution in [3.8, 4) is 0 Å². The van der Waals surface area contributed by atoms with Gasteiger partial charge >= 0.3 is 0 Å². The lowest BCUT2D eigenvalue weighted by atomic mass is 9.79. The van der Waals surface area contributed by atoms with Crippen LogP contribution in [-0.2, 0) is 4.79 Å². The summed E-state index contributed by atoms with van der Waals surface area (Å²) >= 11 is 0. The van der Waals surface area contributed by atoms with Crippen LogP contribution in [0, 0.1) is 16.2 Å². The number of piperidine rings is 1. The topological polar surface area (TPSA) is 56.7 Å². The number of rotatable bonds is 2. The van der Waals surface area contributed by atoms with Gasteiger partial charge in [0.25, 0.3) is 0 Å². The van der Waals surface area contributed by atoms with Crippen molar-refractivity contribution in [2.45, 2.75) is 59.9 Å². The molecule has 3 fully saturated rings. The number of likely N-dealkylation sites (tertiary alicyclic amines) is 1. The van der Waals surface area contributed by atoms with Gasteiger partial charge in [-0.05, 0) is 30.6 Å². The van der Waals surface area contributed by atoms with Crippen molar-refractivity contribution >= 4 is 11.9 Å². The Kier molecular flexibility index (Phi) is 3.88. The molecule has 5 heteroatoms. The van der Waals surface area contributed by atoms with Crippen molar-refractivity contribution in [2.75, 3.05) is 26.2 Å². The maximum atomic E-state index is 11.7. The first-order valence-electron chi connectivity index (χ1n) is 9.04. The molecule has 2 aliphatic heterocycles. The molecule has 0 radical (unpaired) electrons. The molecular weight excluding hydrogens is 288 g/mol. The normalized spacial score (nSPS) is 33.0. The molecule has 3 rings (SSSR count). The van der Waals surface area contributed by atoms with E-state index in [4.69, 9.17) is 4.99 Å². The average molecular weight is 320 g/mol. The van der Waals surface area contributed by atoms with Crippen LogP contribution in [0.15, 0.2) is 4.99 Å². The molecule has 1 saturated carbocycles. The van der Waals surface area contributed by atoms with E-state index in [2.05, 4.69) is 50.2 Å². The van der Waals surface area contributed by atoms with Gasteiger partial charge in [-0.25, -0.2) is 0 Å². The minimum absolute atomic E-state index is 0.111. The zero-order valence-corrected chi connectivity index (χ0v) is 15.3. The van der Waals surface area contributed by atoms with E-state index in [9.17, 15) is 4.79 Å². The standard InChI is InChI=1S/C18H32N4O/c1-6-19-15(21-14-16(2,3)17(14,4)5)22-9-7-8-18(12-22)10-13(23)20-11-18/h14H,6-12H2,1-5H3,(H,19,21)(H,20,23). The van der Waals surface area contributed by atoms with Gasteiger partial charge in [0.1, 0.15) is 0 Å². The fraction of sp³-hybridized carbons (Fsp3) is 0.889. The van der Waals surface area contributed by atoms with Gasteiger partial charge in [0, 0.05) is 44.1 Å². The van der Waals surface area contributed by atoms with E-state index in [1.807, 2.05) is 0 Å². The van der Waals surface area contributed by atoms with Crippen molar-refractivity contribution in [3.05, 3.63) is 0 Å². The summed E-state index contributed by atoms with van der Waals surface area (Å²) in [5, 5.41) is 6.76. The quantitative estimate of drug-likeness (QED) is 0.604. The zero-order valence-electron chi connectivity index (χ0n) is 15.3. The summed E-state index contributed by atoms with van der Waals surface area (Å²) in [5.41, 5.74) is 0.694. The van der Waals surface area contributed by atoms with Crippen LogP contribution in [0.2, 0.25) is 0 Å². The van der Waals surface area contributed by atoms with Gasteiger partial charge in [0.05, 0.1) is 0 Å². The Hall–Kier alpha value is -1.26. The Bertz CT molecular complexity index is 511. The third-order valence-corrected chi connectivity index (χ3v) is 6.76. The molecule has 0 aromatic carbocycles. The van der Waals surface area contributed by atoms with Gasteiger partial charge in [-0.2, -0.15) is 0 Å². The number of nitrogens with one attached hydrogen (secondary N) is 2. The van der Waals surface area contributed by atoms with Gasteiger partial charge < -0.3 is 15.5 Å². The molecule has 0 aromatic heterocycles. The first kappa shape index (κ1) is 16.6. The van der Waals surface area contributed by atoms with E-state index < -0.39 is 0 Å². The molecule has 3 aliphatic rings. The van der Waals surface area contributed by atoms with Crippen LogP contribution in [0.5, 0.6) is 0 Å². The van der Waals surface area contributed by atoms with E-state index in [0.717, 1.165) is 45.0 Å². The second-order valence-corrected chi connectivity index (χ2v) is 8.80. The van der Waals surface area contributed by atoms with Crippen LogP contribution >= 0.6 is 0 Å². The molecule has 0 aromatic rings. The van der Waals surface area contributed by atoms with Crippen LogP contribution in [0.4, 0.5) is 0 Å². The molecule has 2 N–H and O–H groups in total. The summed E-state index contributed by atoms with van der Waals surface area (Å²) < 4.78 is 0. The number of hydrogen-bond donors (Lipinski definition) is 2. The van der Waals surface area contributed by atoms with Crippen LogP contribution in [0.25, 0.3) is 0 Å².